The lowest BCUT2D eigenvalue weighted by Crippen LogP contribution is -2.22. The molecule has 3 aromatic rings. The second-order valence-electron chi connectivity index (χ2n) is 5.65. The van der Waals surface area contributed by atoms with E-state index in [1.54, 1.807) is 56.6 Å². The van der Waals surface area contributed by atoms with Gasteiger partial charge < -0.3 is 10.2 Å². The molecule has 2 amide bonds. The summed E-state index contributed by atoms with van der Waals surface area (Å²) in [7, 11) is 3.37. The summed E-state index contributed by atoms with van der Waals surface area (Å²) in [5.41, 5.74) is 2.32. The highest BCUT2D eigenvalue weighted by atomic mass is 16.2. The van der Waals surface area contributed by atoms with Gasteiger partial charge in [0.2, 0.25) is 0 Å². The molecule has 0 aliphatic heterocycles. The Kier molecular flexibility index (Phi) is 4.56. The smallest absolute Gasteiger partial charge is 0.255 e. The second kappa shape index (κ2) is 6.96. The first kappa shape index (κ1) is 16.4. The molecule has 0 atom stereocenters. The van der Waals surface area contributed by atoms with E-state index in [1.807, 2.05) is 6.07 Å². The van der Waals surface area contributed by atoms with E-state index < -0.39 is 0 Å². The number of benzene rings is 2. The topological polar surface area (TPSA) is 91.0 Å². The van der Waals surface area contributed by atoms with Crippen LogP contribution in [0.5, 0.6) is 0 Å². The summed E-state index contributed by atoms with van der Waals surface area (Å²) in [5, 5.41) is 9.38. The molecule has 0 fully saturated rings. The molecule has 2 N–H and O–H groups in total. The first-order valence-corrected chi connectivity index (χ1v) is 7.63. The number of nitrogens with one attached hydrogen (secondary N) is 2. The molecule has 0 spiro atoms. The molecule has 0 unspecified atom stereocenters. The average molecular weight is 335 g/mol. The van der Waals surface area contributed by atoms with E-state index in [9.17, 15) is 9.59 Å². The Morgan fingerprint density at radius 1 is 1.04 bits per heavy atom. The molecular weight excluding hydrogens is 318 g/mol. The summed E-state index contributed by atoms with van der Waals surface area (Å²) in [5.74, 6) is 0.201. The van der Waals surface area contributed by atoms with Crippen molar-refractivity contribution in [3.63, 3.8) is 0 Å². The van der Waals surface area contributed by atoms with Gasteiger partial charge in [0.15, 0.2) is 5.82 Å². The molecule has 0 aliphatic rings. The number of rotatable bonds is 4. The molecule has 1 aromatic heterocycles. The molecule has 25 heavy (non-hydrogen) atoms. The maximum absolute atomic E-state index is 12.5. The minimum absolute atomic E-state index is 0.122. The van der Waals surface area contributed by atoms with Crippen LogP contribution < -0.4 is 5.32 Å². The number of nitrogens with zero attached hydrogens (tertiary/aromatic N) is 3. The number of carbonyl (C=O) groups excluding carboxylic acids is 2. The summed E-state index contributed by atoms with van der Waals surface area (Å²) in [6, 6.07) is 13.9. The molecule has 126 valence electrons. The highest BCUT2D eigenvalue weighted by molar-refractivity contribution is 6.05. The fraction of sp³-hybridized carbons (Fsp3) is 0.111. The first-order chi connectivity index (χ1) is 12.0. The molecule has 1 heterocycles. The summed E-state index contributed by atoms with van der Waals surface area (Å²) in [4.78, 5) is 30.1. The Bertz CT molecular complexity index is 903. The van der Waals surface area contributed by atoms with Crippen molar-refractivity contribution in [1.82, 2.24) is 20.1 Å². The van der Waals surface area contributed by atoms with Crippen LogP contribution in [0.15, 0.2) is 54.9 Å². The normalized spacial score (nSPS) is 10.3. The van der Waals surface area contributed by atoms with Gasteiger partial charge in [-0.2, -0.15) is 5.10 Å². The average Bonchev–Trinajstić information content (AvgIpc) is 3.16. The fourth-order valence-corrected chi connectivity index (χ4v) is 2.34. The number of H-pyrrole nitrogens is 1. The lowest BCUT2D eigenvalue weighted by molar-refractivity contribution is 0.0827. The van der Waals surface area contributed by atoms with Crippen molar-refractivity contribution < 1.29 is 9.59 Å². The summed E-state index contributed by atoms with van der Waals surface area (Å²) < 4.78 is 0. The Morgan fingerprint density at radius 2 is 1.80 bits per heavy atom. The van der Waals surface area contributed by atoms with Crippen LogP contribution in [0.25, 0.3) is 11.4 Å². The van der Waals surface area contributed by atoms with Crippen LogP contribution in [0.2, 0.25) is 0 Å². The molecular formula is C18H17N5O2. The standard InChI is InChI=1S/C18H17N5O2/c1-23(2)18(25)14-7-4-8-15(10-14)21-17(24)13-6-3-5-12(9-13)16-19-11-20-22-16/h3-11H,1-2H3,(H,21,24)(H,19,20,22). The van der Waals surface area contributed by atoms with Crippen molar-refractivity contribution in [3.05, 3.63) is 66.0 Å². The number of hydrogen-bond donors (Lipinski definition) is 2. The molecule has 3 rings (SSSR count). The fourth-order valence-electron chi connectivity index (χ4n) is 2.34. The Labute approximate surface area is 144 Å². The minimum Gasteiger partial charge on any atom is -0.345 e. The lowest BCUT2D eigenvalue weighted by Gasteiger charge is -2.12. The van der Waals surface area contributed by atoms with Crippen LogP contribution in [-0.4, -0.2) is 46.0 Å². The van der Waals surface area contributed by atoms with Crippen LogP contribution in [0.1, 0.15) is 20.7 Å². The predicted molar refractivity (Wildman–Crippen MR) is 94.2 cm³/mol. The second-order valence-corrected chi connectivity index (χ2v) is 5.65. The van der Waals surface area contributed by atoms with E-state index in [0.717, 1.165) is 5.56 Å². The van der Waals surface area contributed by atoms with Gasteiger partial charge >= 0.3 is 0 Å². The number of hydrogen-bond acceptors (Lipinski definition) is 4. The number of anilines is 1. The van der Waals surface area contributed by atoms with Gasteiger partial charge in [0, 0.05) is 36.5 Å². The highest BCUT2D eigenvalue weighted by Crippen LogP contribution is 2.17. The van der Waals surface area contributed by atoms with Crippen molar-refractivity contribution in [2.75, 3.05) is 19.4 Å². The van der Waals surface area contributed by atoms with Gasteiger partial charge in [-0.05, 0) is 30.3 Å². The van der Waals surface area contributed by atoms with Crippen LogP contribution in [-0.2, 0) is 0 Å². The molecule has 0 radical (unpaired) electrons. The van der Waals surface area contributed by atoms with Crippen LogP contribution in [0, 0.1) is 0 Å². The Balaban J connectivity index is 1.80. The third-order valence-corrected chi connectivity index (χ3v) is 3.59. The summed E-state index contributed by atoms with van der Waals surface area (Å²) in [6.45, 7) is 0. The van der Waals surface area contributed by atoms with Crippen molar-refractivity contribution in [1.29, 1.82) is 0 Å². The van der Waals surface area contributed by atoms with Crippen molar-refractivity contribution in [3.8, 4) is 11.4 Å². The highest BCUT2D eigenvalue weighted by Gasteiger charge is 2.11. The van der Waals surface area contributed by atoms with E-state index in [-0.39, 0.29) is 11.8 Å². The van der Waals surface area contributed by atoms with Crippen LogP contribution in [0.4, 0.5) is 5.69 Å². The van der Waals surface area contributed by atoms with E-state index >= 15 is 0 Å². The van der Waals surface area contributed by atoms with Crippen molar-refractivity contribution in [2.45, 2.75) is 0 Å². The molecule has 7 heteroatoms. The third kappa shape index (κ3) is 3.72. The molecule has 0 saturated carbocycles. The van der Waals surface area contributed by atoms with Crippen molar-refractivity contribution >= 4 is 17.5 Å². The van der Waals surface area contributed by atoms with Gasteiger partial charge in [0.25, 0.3) is 11.8 Å². The van der Waals surface area contributed by atoms with Gasteiger partial charge in [-0.3, -0.25) is 14.7 Å². The predicted octanol–water partition coefficient (Wildman–Crippen LogP) is 2.43. The number of aromatic amines is 1. The van der Waals surface area contributed by atoms with E-state index in [0.29, 0.717) is 22.6 Å². The number of carbonyl (C=O) groups is 2. The largest absolute Gasteiger partial charge is 0.345 e. The maximum Gasteiger partial charge on any atom is 0.255 e. The van der Waals surface area contributed by atoms with Gasteiger partial charge in [-0.25, -0.2) is 4.98 Å². The van der Waals surface area contributed by atoms with Crippen LogP contribution in [0.3, 0.4) is 0 Å². The zero-order valence-corrected chi connectivity index (χ0v) is 13.9. The molecule has 7 nitrogen and oxygen atoms in total. The van der Waals surface area contributed by atoms with Crippen LogP contribution >= 0.6 is 0 Å². The first-order valence-electron chi connectivity index (χ1n) is 7.63. The zero-order chi connectivity index (χ0) is 17.8. The van der Waals surface area contributed by atoms with Crippen molar-refractivity contribution in [2.24, 2.45) is 0 Å². The van der Waals surface area contributed by atoms with E-state index in [2.05, 4.69) is 20.5 Å². The molecule has 0 bridgehead atoms. The number of aromatic nitrogens is 3. The Morgan fingerprint density at radius 3 is 2.52 bits per heavy atom. The molecule has 0 saturated heterocycles. The summed E-state index contributed by atoms with van der Waals surface area (Å²) in [6.07, 6.45) is 1.41. The quantitative estimate of drug-likeness (QED) is 0.766. The zero-order valence-electron chi connectivity index (χ0n) is 13.9. The minimum atomic E-state index is -0.268. The summed E-state index contributed by atoms with van der Waals surface area (Å²) >= 11 is 0. The Hall–Kier alpha value is -3.48. The SMILES string of the molecule is CN(C)C(=O)c1cccc(NC(=O)c2cccc(-c3ncn[nH]3)c2)c1. The monoisotopic (exact) mass is 335 g/mol. The third-order valence-electron chi connectivity index (χ3n) is 3.59. The lowest BCUT2D eigenvalue weighted by atomic mass is 10.1. The van der Waals surface area contributed by atoms with Gasteiger partial charge in [0.1, 0.15) is 6.33 Å². The number of amides is 2. The molecule has 0 aliphatic carbocycles. The van der Waals surface area contributed by atoms with Gasteiger partial charge in [-0.1, -0.05) is 18.2 Å². The molecule has 2 aromatic carbocycles. The van der Waals surface area contributed by atoms with Gasteiger partial charge in [0.05, 0.1) is 0 Å². The van der Waals surface area contributed by atoms with E-state index in [1.165, 1.54) is 11.2 Å². The maximum atomic E-state index is 12.5. The van der Waals surface area contributed by atoms with E-state index in [4.69, 9.17) is 0 Å². The van der Waals surface area contributed by atoms with Gasteiger partial charge in [-0.15, -0.1) is 0 Å².